The van der Waals surface area contributed by atoms with Gasteiger partial charge in [-0.25, -0.2) is 0 Å². The lowest BCUT2D eigenvalue weighted by atomic mass is 10.1. The normalized spacial score (nSPS) is 12.7. The Morgan fingerprint density at radius 2 is 1.61 bits per heavy atom. The van der Waals surface area contributed by atoms with Gasteiger partial charge in [-0.05, 0) is 53.4 Å². The molecule has 1 aromatic rings. The molecular weight excluding hydrogens is 320 g/mol. The summed E-state index contributed by atoms with van der Waals surface area (Å²) in [7, 11) is -1.71. The lowest BCUT2D eigenvalue weighted by molar-refractivity contribution is 0.473. The zero-order valence-electron chi connectivity index (χ0n) is 15.4. The van der Waals surface area contributed by atoms with Crippen molar-refractivity contribution < 1.29 is 5.11 Å². The Balaban J connectivity index is 3.25. The van der Waals surface area contributed by atoms with Crippen LogP contribution in [0.1, 0.15) is 54.0 Å². The third kappa shape index (κ3) is 4.43. The molecule has 0 aromatic heterocycles. The van der Waals surface area contributed by atoms with E-state index in [2.05, 4.69) is 53.0 Å². The van der Waals surface area contributed by atoms with Crippen LogP contribution in [-0.4, -0.2) is 13.2 Å². The van der Waals surface area contributed by atoms with Crippen LogP contribution in [0.2, 0.25) is 21.6 Å². The molecule has 0 aliphatic carbocycles. The molecule has 0 saturated carbocycles. The summed E-state index contributed by atoms with van der Waals surface area (Å²) in [6, 6.07) is 5.09. The Labute approximate surface area is 147 Å². The quantitative estimate of drug-likeness (QED) is 0.475. The summed E-state index contributed by atoms with van der Waals surface area (Å²) in [6.45, 7) is 15.8. The Bertz CT molecular complexity index is 611. The second-order valence-electron chi connectivity index (χ2n) is 7.16. The third-order valence-corrected chi connectivity index (χ3v) is 11.4. The van der Waals surface area contributed by atoms with Crippen LogP contribution < -0.4 is 0 Å². The van der Waals surface area contributed by atoms with E-state index in [1.807, 2.05) is 13.0 Å². The van der Waals surface area contributed by atoms with Crippen molar-refractivity contribution in [3.05, 3.63) is 34.9 Å². The predicted molar refractivity (Wildman–Crippen MR) is 106 cm³/mol. The number of benzene rings is 1. The van der Waals surface area contributed by atoms with Crippen molar-refractivity contribution in [3.63, 3.8) is 0 Å². The van der Waals surface area contributed by atoms with Gasteiger partial charge in [-0.2, -0.15) is 0 Å². The predicted octanol–water partition coefficient (Wildman–Crippen LogP) is 6.67. The van der Waals surface area contributed by atoms with Crippen molar-refractivity contribution in [2.45, 2.75) is 65.1 Å². The molecule has 1 nitrogen and oxygen atoms in total. The zero-order chi connectivity index (χ0) is 17.8. The molecular formula is C20H29ClOSi. The van der Waals surface area contributed by atoms with Crippen molar-refractivity contribution in [1.82, 2.24) is 0 Å². The van der Waals surface area contributed by atoms with Crippen LogP contribution in [0.15, 0.2) is 24.3 Å². The van der Waals surface area contributed by atoms with E-state index >= 15 is 0 Å². The summed E-state index contributed by atoms with van der Waals surface area (Å²) in [4.78, 5) is 0. The molecule has 0 spiro atoms. The molecule has 1 N–H and O–H groups in total. The molecule has 126 valence electrons. The minimum atomic E-state index is -1.71. The van der Waals surface area contributed by atoms with E-state index in [9.17, 15) is 5.11 Å². The van der Waals surface area contributed by atoms with Crippen LogP contribution >= 0.6 is 11.6 Å². The third-order valence-electron chi connectivity index (χ3n) is 4.83. The van der Waals surface area contributed by atoms with Crippen molar-refractivity contribution in [2.24, 2.45) is 0 Å². The van der Waals surface area contributed by atoms with Gasteiger partial charge in [-0.3, -0.25) is 0 Å². The van der Waals surface area contributed by atoms with Gasteiger partial charge in [0.05, 0.1) is 0 Å². The van der Waals surface area contributed by atoms with E-state index in [1.54, 1.807) is 18.2 Å². The number of aromatic hydroxyl groups is 1. The smallest absolute Gasteiger partial charge is 0.146 e. The minimum Gasteiger partial charge on any atom is -0.507 e. The molecule has 0 fully saturated rings. The second-order valence-corrected chi connectivity index (χ2v) is 13.2. The second kappa shape index (κ2) is 8.08. The monoisotopic (exact) mass is 348 g/mol. The van der Waals surface area contributed by atoms with Crippen LogP contribution in [0, 0.1) is 11.5 Å². The van der Waals surface area contributed by atoms with Gasteiger partial charge in [0, 0.05) is 10.6 Å². The van der Waals surface area contributed by atoms with Crippen molar-refractivity contribution in [2.75, 3.05) is 0 Å². The molecule has 0 aliphatic rings. The van der Waals surface area contributed by atoms with Gasteiger partial charge in [-0.15, -0.1) is 5.54 Å². The highest BCUT2D eigenvalue weighted by molar-refractivity contribution is 6.90. The van der Waals surface area contributed by atoms with Crippen LogP contribution in [0.3, 0.4) is 0 Å². The first-order chi connectivity index (χ1) is 10.6. The number of phenolic OH excluding ortho intramolecular Hbond substituents is 1. The molecule has 0 aliphatic heterocycles. The fourth-order valence-corrected chi connectivity index (χ4v) is 8.96. The summed E-state index contributed by atoms with van der Waals surface area (Å²) in [5.41, 5.74) is 7.20. The van der Waals surface area contributed by atoms with E-state index < -0.39 is 8.07 Å². The number of allylic oxidation sites excluding steroid dienone is 2. The highest BCUT2D eigenvalue weighted by Gasteiger charge is 2.41. The summed E-state index contributed by atoms with van der Waals surface area (Å²) >= 11 is 6.02. The van der Waals surface area contributed by atoms with Crippen LogP contribution in [-0.2, 0) is 0 Å². The van der Waals surface area contributed by atoms with E-state index in [0.717, 1.165) is 11.1 Å². The van der Waals surface area contributed by atoms with Gasteiger partial charge >= 0.3 is 0 Å². The lowest BCUT2D eigenvalue weighted by Gasteiger charge is -2.38. The molecule has 0 atom stereocenters. The number of rotatable bonds is 4. The average molecular weight is 349 g/mol. The maximum atomic E-state index is 9.99. The molecule has 0 saturated heterocycles. The van der Waals surface area contributed by atoms with Gasteiger partial charge in [0.1, 0.15) is 13.8 Å². The maximum Gasteiger partial charge on any atom is 0.146 e. The highest BCUT2D eigenvalue weighted by Crippen LogP contribution is 2.40. The molecule has 0 radical (unpaired) electrons. The number of phenols is 1. The largest absolute Gasteiger partial charge is 0.507 e. The van der Waals surface area contributed by atoms with Crippen LogP contribution in [0.4, 0.5) is 0 Å². The Morgan fingerprint density at radius 1 is 1.09 bits per heavy atom. The van der Waals surface area contributed by atoms with E-state index in [-0.39, 0.29) is 5.75 Å². The first-order valence-electron chi connectivity index (χ1n) is 8.31. The first-order valence-corrected chi connectivity index (χ1v) is 10.9. The minimum absolute atomic E-state index is 0.241. The molecule has 0 unspecified atom stereocenters. The standard InChI is InChI=1S/C20H29ClOSi/c1-14(2)23(15(3)4,16(5)6)12-8-9-17(7)19-13-18(21)10-11-20(19)22/h9-11,13-16,22H,1-7H3/b17-9-. The maximum absolute atomic E-state index is 9.99. The summed E-state index contributed by atoms with van der Waals surface area (Å²) in [5.74, 6) is 3.55. The van der Waals surface area contributed by atoms with Crippen molar-refractivity contribution in [1.29, 1.82) is 0 Å². The van der Waals surface area contributed by atoms with E-state index in [0.29, 0.717) is 21.6 Å². The number of halogens is 1. The number of hydrogen-bond acceptors (Lipinski definition) is 1. The molecule has 0 heterocycles. The van der Waals surface area contributed by atoms with Crippen molar-refractivity contribution in [3.8, 4) is 17.2 Å². The van der Waals surface area contributed by atoms with E-state index in [1.165, 1.54) is 0 Å². The fraction of sp³-hybridized carbons (Fsp3) is 0.500. The molecule has 0 bridgehead atoms. The molecule has 0 amide bonds. The molecule has 3 heteroatoms. The molecule has 1 rings (SSSR count). The van der Waals surface area contributed by atoms with E-state index in [4.69, 9.17) is 11.6 Å². The van der Waals surface area contributed by atoms with Crippen molar-refractivity contribution >= 4 is 25.2 Å². The zero-order valence-corrected chi connectivity index (χ0v) is 17.1. The topological polar surface area (TPSA) is 20.2 Å². The highest BCUT2D eigenvalue weighted by atomic mass is 35.5. The van der Waals surface area contributed by atoms with Gasteiger partial charge in [0.2, 0.25) is 0 Å². The summed E-state index contributed by atoms with van der Waals surface area (Å²) in [5, 5.41) is 10.6. The number of hydrogen-bond donors (Lipinski definition) is 1. The molecule has 1 aromatic carbocycles. The lowest BCUT2D eigenvalue weighted by Crippen LogP contribution is -2.43. The first kappa shape index (κ1) is 19.9. The summed E-state index contributed by atoms with van der Waals surface area (Å²) < 4.78 is 0. The molecule has 23 heavy (non-hydrogen) atoms. The Kier molecular flexibility index (Phi) is 6.98. The SMILES string of the molecule is C/C(=C/C#C[Si](C(C)C)(C(C)C)C(C)C)c1cc(Cl)ccc1O. The van der Waals surface area contributed by atoms with Gasteiger partial charge in [0.15, 0.2) is 0 Å². The van der Waals surface area contributed by atoms with Gasteiger partial charge in [-0.1, -0.05) is 59.1 Å². The van der Waals surface area contributed by atoms with Crippen LogP contribution in [0.25, 0.3) is 5.57 Å². The fourth-order valence-electron chi connectivity index (χ4n) is 3.60. The summed E-state index contributed by atoms with van der Waals surface area (Å²) in [6.07, 6.45) is 1.92. The average Bonchev–Trinajstić information content (AvgIpc) is 2.44. The van der Waals surface area contributed by atoms with Gasteiger partial charge < -0.3 is 5.11 Å². The van der Waals surface area contributed by atoms with Crippen LogP contribution in [0.5, 0.6) is 5.75 Å². The Morgan fingerprint density at radius 3 is 2.09 bits per heavy atom. The van der Waals surface area contributed by atoms with Gasteiger partial charge in [0.25, 0.3) is 0 Å². The Hall–Kier alpha value is -1.17.